The molecule has 8 heteroatoms. The number of furan rings is 1. The van der Waals surface area contributed by atoms with E-state index in [2.05, 4.69) is 15.4 Å². The molecular weight excluding hydrogens is 362 g/mol. The zero-order chi connectivity index (χ0) is 18.6. The molecule has 0 saturated carbocycles. The number of hydrogen-bond acceptors (Lipinski definition) is 5. The minimum atomic E-state index is -0.286. The van der Waals surface area contributed by atoms with Crippen molar-refractivity contribution in [2.45, 2.75) is 16.6 Å². The van der Waals surface area contributed by atoms with Gasteiger partial charge in [0.2, 0.25) is 0 Å². The first-order valence-corrected chi connectivity index (χ1v) is 9.12. The average Bonchev–Trinajstić information content (AvgIpc) is 3.41. The smallest absolute Gasteiger partial charge is 0.291 e. The lowest BCUT2D eigenvalue weighted by molar-refractivity contribution is 0.0994. The largest absolute Gasteiger partial charge is 0.454 e. The highest BCUT2D eigenvalue weighted by Gasteiger charge is 2.12. The number of nitrogens with one attached hydrogen (secondary N) is 1. The molecular formula is C19H17N5O2S. The summed E-state index contributed by atoms with van der Waals surface area (Å²) in [6.45, 7) is 0.486. The van der Waals surface area contributed by atoms with Crippen LogP contribution < -0.4 is 5.32 Å². The third-order valence-electron chi connectivity index (χ3n) is 3.86. The number of rotatable bonds is 6. The molecule has 4 rings (SSSR count). The van der Waals surface area contributed by atoms with E-state index in [4.69, 9.17) is 4.42 Å². The van der Waals surface area contributed by atoms with Gasteiger partial charge in [-0.15, -0.1) is 0 Å². The van der Waals surface area contributed by atoms with Crippen LogP contribution in [0.5, 0.6) is 0 Å². The van der Waals surface area contributed by atoms with Gasteiger partial charge in [-0.1, -0.05) is 11.8 Å². The zero-order valence-corrected chi connectivity index (χ0v) is 15.4. The fourth-order valence-corrected chi connectivity index (χ4v) is 3.29. The van der Waals surface area contributed by atoms with Gasteiger partial charge in [-0.05, 0) is 42.5 Å². The van der Waals surface area contributed by atoms with Crippen LogP contribution in [0.25, 0.3) is 0 Å². The van der Waals surface area contributed by atoms with Gasteiger partial charge >= 0.3 is 0 Å². The number of hydrogen-bond donors (Lipinski definition) is 1. The lowest BCUT2D eigenvalue weighted by atomic mass is 10.3. The number of anilines is 1. The summed E-state index contributed by atoms with van der Waals surface area (Å²) in [5.74, 6) is 0.653. The monoisotopic (exact) mass is 379 g/mol. The second-order valence-electron chi connectivity index (χ2n) is 5.87. The highest BCUT2D eigenvalue weighted by atomic mass is 32.2. The fraction of sp³-hybridized carbons (Fsp3) is 0.105. The molecule has 0 bridgehead atoms. The molecule has 0 unspecified atom stereocenters. The first kappa shape index (κ1) is 17.2. The van der Waals surface area contributed by atoms with Crippen molar-refractivity contribution in [1.29, 1.82) is 0 Å². The molecule has 3 heterocycles. The van der Waals surface area contributed by atoms with Crippen molar-refractivity contribution in [1.82, 2.24) is 19.3 Å². The van der Waals surface area contributed by atoms with E-state index < -0.39 is 0 Å². The average molecular weight is 379 g/mol. The van der Waals surface area contributed by atoms with E-state index >= 15 is 0 Å². The topological polar surface area (TPSA) is 77.9 Å². The summed E-state index contributed by atoms with van der Waals surface area (Å²) in [5, 5.41) is 7.87. The van der Waals surface area contributed by atoms with Crippen molar-refractivity contribution in [3.63, 3.8) is 0 Å². The third-order valence-corrected chi connectivity index (χ3v) is 4.94. The maximum Gasteiger partial charge on any atom is 0.291 e. The van der Waals surface area contributed by atoms with Crippen molar-refractivity contribution in [3.05, 3.63) is 78.8 Å². The Kier molecular flexibility index (Phi) is 4.80. The van der Waals surface area contributed by atoms with E-state index in [-0.39, 0.29) is 11.7 Å². The van der Waals surface area contributed by atoms with E-state index in [1.807, 2.05) is 54.3 Å². The van der Waals surface area contributed by atoms with Gasteiger partial charge in [0.05, 0.1) is 6.54 Å². The molecule has 0 aliphatic heterocycles. The molecule has 1 aromatic carbocycles. The Morgan fingerprint density at radius 3 is 2.70 bits per heavy atom. The van der Waals surface area contributed by atoms with Gasteiger partial charge in [0, 0.05) is 42.4 Å². The number of benzene rings is 1. The molecule has 7 nitrogen and oxygen atoms in total. The number of carbonyl (C=O) groups excluding carboxylic acids is 1. The number of nitrogens with zero attached hydrogens (tertiary/aromatic N) is 4. The molecule has 0 spiro atoms. The Hall–Kier alpha value is -3.26. The first-order chi connectivity index (χ1) is 13.2. The molecule has 4 aromatic rings. The molecule has 3 aromatic heterocycles. The predicted molar refractivity (Wildman–Crippen MR) is 102 cm³/mol. The van der Waals surface area contributed by atoms with Crippen LogP contribution in [0.3, 0.4) is 0 Å². The minimum Gasteiger partial charge on any atom is -0.454 e. The lowest BCUT2D eigenvalue weighted by Crippen LogP contribution is -2.10. The summed E-state index contributed by atoms with van der Waals surface area (Å²) in [6.07, 6.45) is 7.21. The number of carbonyl (C=O) groups is 1. The fourth-order valence-electron chi connectivity index (χ4n) is 2.49. The Morgan fingerprint density at radius 1 is 1.15 bits per heavy atom. The summed E-state index contributed by atoms with van der Waals surface area (Å²) in [5.41, 5.74) is 0.703. The Balaban J connectivity index is 1.38. The van der Waals surface area contributed by atoms with Crippen LogP contribution >= 0.6 is 11.8 Å². The lowest BCUT2D eigenvalue weighted by Gasteiger charge is -2.05. The van der Waals surface area contributed by atoms with E-state index in [0.29, 0.717) is 18.0 Å². The molecule has 1 amide bonds. The second-order valence-corrected chi connectivity index (χ2v) is 6.91. The van der Waals surface area contributed by atoms with Crippen LogP contribution in [0.4, 0.5) is 5.69 Å². The molecule has 1 N–H and O–H groups in total. The van der Waals surface area contributed by atoms with Crippen LogP contribution in [0, 0.1) is 0 Å². The zero-order valence-electron chi connectivity index (χ0n) is 14.6. The van der Waals surface area contributed by atoms with Crippen LogP contribution in [-0.4, -0.2) is 25.2 Å². The van der Waals surface area contributed by atoms with E-state index in [9.17, 15) is 4.79 Å². The molecule has 136 valence electrons. The maximum absolute atomic E-state index is 12.4. The predicted octanol–water partition coefficient (Wildman–Crippen LogP) is 3.66. The third kappa shape index (κ3) is 4.12. The van der Waals surface area contributed by atoms with Crippen molar-refractivity contribution in [2.24, 2.45) is 7.05 Å². The summed E-state index contributed by atoms with van der Waals surface area (Å²) < 4.78 is 9.30. The molecule has 0 aliphatic rings. The normalized spacial score (nSPS) is 10.9. The van der Waals surface area contributed by atoms with Gasteiger partial charge in [0.25, 0.3) is 5.91 Å². The summed E-state index contributed by atoms with van der Waals surface area (Å²) >= 11 is 1.56. The number of aromatic nitrogens is 4. The Morgan fingerprint density at radius 2 is 2.00 bits per heavy atom. The number of amides is 1. The van der Waals surface area contributed by atoms with E-state index in [0.717, 1.165) is 10.1 Å². The van der Waals surface area contributed by atoms with Gasteiger partial charge in [-0.25, -0.2) is 4.98 Å². The summed E-state index contributed by atoms with van der Waals surface area (Å²) in [4.78, 5) is 17.7. The number of aryl methyl sites for hydroxylation is 1. The van der Waals surface area contributed by atoms with Crippen LogP contribution in [0.1, 0.15) is 16.3 Å². The van der Waals surface area contributed by atoms with Gasteiger partial charge in [-0.3, -0.25) is 9.48 Å². The molecule has 0 radical (unpaired) electrons. The van der Waals surface area contributed by atoms with Crippen LogP contribution in [0.15, 0.2) is 81.7 Å². The highest BCUT2D eigenvalue weighted by molar-refractivity contribution is 7.99. The van der Waals surface area contributed by atoms with Gasteiger partial charge in [0.15, 0.2) is 10.9 Å². The van der Waals surface area contributed by atoms with Crippen LogP contribution in [-0.2, 0) is 13.6 Å². The summed E-state index contributed by atoms with van der Waals surface area (Å²) in [6, 6.07) is 12.9. The van der Waals surface area contributed by atoms with Crippen molar-refractivity contribution >= 4 is 23.4 Å². The Labute approximate surface area is 160 Å². The SMILES string of the molecule is Cn1ccnc1Sc1ccc(NC(=O)c2ccc(Cn3cccn3)o2)cc1. The van der Waals surface area contributed by atoms with Gasteiger partial charge < -0.3 is 14.3 Å². The molecule has 0 saturated heterocycles. The van der Waals surface area contributed by atoms with Crippen molar-refractivity contribution < 1.29 is 9.21 Å². The van der Waals surface area contributed by atoms with Gasteiger partial charge in [0.1, 0.15) is 5.76 Å². The molecule has 0 aliphatic carbocycles. The van der Waals surface area contributed by atoms with Gasteiger partial charge in [-0.2, -0.15) is 5.10 Å². The van der Waals surface area contributed by atoms with E-state index in [1.165, 1.54) is 0 Å². The summed E-state index contributed by atoms with van der Waals surface area (Å²) in [7, 11) is 1.95. The molecule has 27 heavy (non-hydrogen) atoms. The van der Waals surface area contributed by atoms with Crippen molar-refractivity contribution in [2.75, 3.05) is 5.32 Å². The highest BCUT2D eigenvalue weighted by Crippen LogP contribution is 2.27. The second kappa shape index (κ2) is 7.55. The first-order valence-electron chi connectivity index (χ1n) is 8.30. The van der Waals surface area contributed by atoms with Crippen molar-refractivity contribution in [3.8, 4) is 0 Å². The molecule has 0 fully saturated rings. The quantitative estimate of drug-likeness (QED) is 0.553. The van der Waals surface area contributed by atoms with Crippen LogP contribution in [0.2, 0.25) is 0 Å². The number of imidazole rings is 1. The maximum atomic E-state index is 12.4. The van der Waals surface area contributed by atoms with E-state index in [1.54, 1.807) is 41.0 Å². The molecule has 0 atom stereocenters. The standard InChI is InChI=1S/C19H17N5O2S/c1-23-12-10-20-19(23)27-16-6-3-14(4-7-16)22-18(25)17-8-5-15(26-17)13-24-11-2-9-21-24/h2-12H,13H2,1H3,(H,22,25). The minimum absolute atomic E-state index is 0.267. The Bertz CT molecular complexity index is 1030.